The Hall–Kier alpha value is -2.63. The van der Waals surface area contributed by atoms with Crippen LogP contribution in [0.1, 0.15) is 41.3 Å². The Morgan fingerprint density at radius 3 is 2.59 bits per heavy atom. The van der Waals surface area contributed by atoms with Crippen LogP contribution >= 0.6 is 0 Å². The fourth-order valence-corrected chi connectivity index (χ4v) is 2.37. The Morgan fingerprint density at radius 2 is 2.00 bits per heavy atom. The predicted molar refractivity (Wildman–Crippen MR) is 79.8 cm³/mol. The molecule has 1 atom stereocenters. The molecule has 2 rings (SSSR count). The van der Waals surface area contributed by atoms with Crippen LogP contribution in [-0.2, 0) is 16.0 Å². The minimum Gasteiger partial charge on any atom is -0.477 e. The lowest BCUT2D eigenvalue weighted by Crippen LogP contribution is -2.17. The fourth-order valence-electron chi connectivity index (χ4n) is 2.37. The Labute approximate surface area is 128 Å². The molecule has 6 heteroatoms. The summed E-state index contributed by atoms with van der Waals surface area (Å²) in [5, 5.41) is 9.35. The van der Waals surface area contributed by atoms with Crippen molar-refractivity contribution in [2.24, 2.45) is 0 Å². The van der Waals surface area contributed by atoms with Gasteiger partial charge < -0.3 is 14.4 Å². The first-order chi connectivity index (χ1) is 10.5. The second-order valence-electron chi connectivity index (χ2n) is 4.90. The van der Waals surface area contributed by atoms with Gasteiger partial charge in [-0.3, -0.25) is 4.79 Å². The van der Waals surface area contributed by atoms with Crippen LogP contribution in [0.3, 0.4) is 0 Å². The fraction of sp³-hybridized carbons (Fsp3) is 0.312. The number of methoxy groups -OCH3 is 1. The summed E-state index contributed by atoms with van der Waals surface area (Å²) in [6.07, 6.45) is 1.82. The predicted octanol–water partition coefficient (Wildman–Crippen LogP) is 2.30. The molecule has 0 unspecified atom stereocenters. The number of imidazole rings is 1. The van der Waals surface area contributed by atoms with E-state index in [9.17, 15) is 14.7 Å². The molecule has 1 aromatic carbocycles. The topological polar surface area (TPSA) is 81.4 Å². The minimum atomic E-state index is -1.04. The summed E-state index contributed by atoms with van der Waals surface area (Å²) in [5.41, 5.74) is 1.08. The van der Waals surface area contributed by atoms with E-state index in [-0.39, 0.29) is 24.1 Å². The molecule has 1 aromatic heterocycles. The highest BCUT2D eigenvalue weighted by Crippen LogP contribution is 2.22. The van der Waals surface area contributed by atoms with Gasteiger partial charge in [-0.05, 0) is 12.5 Å². The zero-order valence-electron chi connectivity index (χ0n) is 12.5. The largest absolute Gasteiger partial charge is 0.477 e. The van der Waals surface area contributed by atoms with E-state index < -0.39 is 5.97 Å². The van der Waals surface area contributed by atoms with Gasteiger partial charge in [-0.15, -0.1) is 0 Å². The van der Waals surface area contributed by atoms with Crippen LogP contribution in [0.25, 0.3) is 0 Å². The van der Waals surface area contributed by atoms with Crippen molar-refractivity contribution in [3.63, 3.8) is 0 Å². The van der Waals surface area contributed by atoms with E-state index in [0.29, 0.717) is 12.2 Å². The second-order valence-corrected chi connectivity index (χ2v) is 4.90. The van der Waals surface area contributed by atoms with Crippen LogP contribution in [-0.4, -0.2) is 33.7 Å². The minimum absolute atomic E-state index is 0.108. The van der Waals surface area contributed by atoms with Crippen molar-refractivity contribution in [1.82, 2.24) is 9.55 Å². The van der Waals surface area contributed by atoms with E-state index in [1.165, 1.54) is 13.3 Å². The highest BCUT2D eigenvalue weighted by atomic mass is 16.5. The van der Waals surface area contributed by atoms with Crippen LogP contribution in [0.2, 0.25) is 0 Å². The summed E-state index contributed by atoms with van der Waals surface area (Å²) in [6.45, 7) is 1.91. The summed E-state index contributed by atoms with van der Waals surface area (Å²) >= 11 is 0. The Bertz CT molecular complexity index is 664. The molecule has 0 aliphatic rings. The maximum Gasteiger partial charge on any atom is 0.354 e. The molecule has 0 bridgehead atoms. The number of nitrogens with zero attached hydrogens (tertiary/aromatic N) is 2. The molecule has 1 N–H and O–H groups in total. The van der Waals surface area contributed by atoms with Gasteiger partial charge in [0.1, 0.15) is 11.5 Å². The van der Waals surface area contributed by atoms with Crippen LogP contribution < -0.4 is 0 Å². The maximum atomic E-state index is 11.4. The smallest absolute Gasteiger partial charge is 0.354 e. The van der Waals surface area contributed by atoms with Gasteiger partial charge in [-0.1, -0.05) is 30.3 Å². The van der Waals surface area contributed by atoms with Crippen molar-refractivity contribution in [2.45, 2.75) is 25.8 Å². The van der Waals surface area contributed by atoms with Gasteiger partial charge in [0, 0.05) is 6.42 Å². The number of carboxylic acid groups (broad SMARTS) is 1. The van der Waals surface area contributed by atoms with Gasteiger partial charge in [-0.25, -0.2) is 9.78 Å². The number of rotatable bonds is 6. The lowest BCUT2D eigenvalue weighted by atomic mass is 10.1. The number of esters is 1. The van der Waals surface area contributed by atoms with Gasteiger partial charge in [0.05, 0.1) is 25.8 Å². The first-order valence-corrected chi connectivity index (χ1v) is 6.95. The third kappa shape index (κ3) is 3.33. The molecule has 22 heavy (non-hydrogen) atoms. The summed E-state index contributed by atoms with van der Waals surface area (Å²) in [6, 6.07) is 9.37. The van der Waals surface area contributed by atoms with E-state index in [1.807, 2.05) is 37.3 Å². The number of carbonyl (C=O) groups is 2. The molecule has 0 saturated carbocycles. The molecule has 0 saturated heterocycles. The molecule has 0 spiro atoms. The zero-order valence-corrected chi connectivity index (χ0v) is 12.5. The van der Waals surface area contributed by atoms with Gasteiger partial charge in [0.25, 0.3) is 0 Å². The number of hydrogen-bond donors (Lipinski definition) is 1. The molecular formula is C16H18N2O4. The summed E-state index contributed by atoms with van der Waals surface area (Å²) in [7, 11) is 1.32. The number of carboxylic acids is 1. The Balaban J connectivity index is 2.36. The van der Waals surface area contributed by atoms with E-state index in [2.05, 4.69) is 9.72 Å². The third-order valence-electron chi connectivity index (χ3n) is 3.54. The van der Waals surface area contributed by atoms with E-state index >= 15 is 0 Å². The third-order valence-corrected chi connectivity index (χ3v) is 3.54. The van der Waals surface area contributed by atoms with Gasteiger partial charge in [-0.2, -0.15) is 0 Å². The number of carbonyl (C=O) groups excluding carboxylic acids is 1. The first kappa shape index (κ1) is 15.8. The molecule has 0 aliphatic heterocycles. The summed E-state index contributed by atoms with van der Waals surface area (Å²) < 4.78 is 6.27. The average Bonchev–Trinajstić information content (AvgIpc) is 2.96. The second kappa shape index (κ2) is 6.89. The Kier molecular flexibility index (Phi) is 4.93. The number of benzene rings is 1. The van der Waals surface area contributed by atoms with Crippen molar-refractivity contribution in [2.75, 3.05) is 7.11 Å². The molecule has 116 valence electrons. The number of hydrogen-bond acceptors (Lipinski definition) is 4. The van der Waals surface area contributed by atoms with Crippen LogP contribution in [0, 0.1) is 0 Å². The van der Waals surface area contributed by atoms with Crippen molar-refractivity contribution < 1.29 is 19.4 Å². The molecule has 1 heterocycles. The molecular weight excluding hydrogens is 284 g/mol. The zero-order chi connectivity index (χ0) is 16.1. The SMILES string of the molecule is COC(=O)CCc1ncc(C(=O)O)n1[C@H](C)c1ccccc1. The van der Waals surface area contributed by atoms with Crippen molar-refractivity contribution in [3.8, 4) is 0 Å². The molecule has 0 fully saturated rings. The molecule has 0 aliphatic carbocycles. The quantitative estimate of drug-likeness (QED) is 0.828. The van der Waals surface area contributed by atoms with E-state index in [4.69, 9.17) is 0 Å². The van der Waals surface area contributed by atoms with Crippen LogP contribution in [0.15, 0.2) is 36.5 Å². The van der Waals surface area contributed by atoms with Gasteiger partial charge in [0.2, 0.25) is 0 Å². The molecule has 0 amide bonds. The number of aryl methyl sites for hydroxylation is 1. The molecule has 0 radical (unpaired) electrons. The number of aromatic carboxylic acids is 1. The van der Waals surface area contributed by atoms with Gasteiger partial charge in [0.15, 0.2) is 0 Å². The number of ether oxygens (including phenoxy) is 1. The van der Waals surface area contributed by atoms with E-state index in [0.717, 1.165) is 5.56 Å². The van der Waals surface area contributed by atoms with Crippen molar-refractivity contribution in [1.29, 1.82) is 0 Å². The monoisotopic (exact) mass is 302 g/mol. The standard InChI is InChI=1S/C16H18N2O4/c1-11(12-6-4-3-5-7-12)18-13(16(20)21)10-17-14(18)8-9-15(19)22-2/h3-7,10-11H,8-9H2,1-2H3,(H,20,21)/t11-/m1/s1. The van der Waals surface area contributed by atoms with Crippen LogP contribution in [0.4, 0.5) is 0 Å². The molecule has 2 aromatic rings. The molecule has 6 nitrogen and oxygen atoms in total. The lowest BCUT2D eigenvalue weighted by molar-refractivity contribution is -0.140. The average molecular weight is 302 g/mol. The first-order valence-electron chi connectivity index (χ1n) is 6.95. The van der Waals surface area contributed by atoms with Gasteiger partial charge >= 0.3 is 11.9 Å². The highest BCUT2D eigenvalue weighted by molar-refractivity contribution is 5.85. The highest BCUT2D eigenvalue weighted by Gasteiger charge is 2.21. The normalized spacial score (nSPS) is 11.9. The van der Waals surface area contributed by atoms with E-state index in [1.54, 1.807) is 4.57 Å². The van der Waals surface area contributed by atoms with Crippen LogP contribution in [0.5, 0.6) is 0 Å². The maximum absolute atomic E-state index is 11.4. The van der Waals surface area contributed by atoms with Crippen molar-refractivity contribution in [3.05, 3.63) is 53.6 Å². The lowest BCUT2D eigenvalue weighted by Gasteiger charge is -2.18. The summed E-state index contributed by atoms with van der Waals surface area (Å²) in [5.74, 6) is -0.836. The summed E-state index contributed by atoms with van der Waals surface area (Å²) in [4.78, 5) is 26.9. The van der Waals surface area contributed by atoms with Crippen molar-refractivity contribution >= 4 is 11.9 Å². The Morgan fingerprint density at radius 1 is 1.32 bits per heavy atom. The number of aromatic nitrogens is 2.